The maximum atomic E-state index is 10.8. The molecule has 80 valence electrons. The molecule has 1 fully saturated rings. The van der Waals surface area contributed by atoms with E-state index in [1.807, 2.05) is 0 Å². The van der Waals surface area contributed by atoms with Crippen LogP contribution in [0.3, 0.4) is 0 Å². The number of rotatable bonds is 2. The molecule has 1 saturated heterocycles. The number of aromatic carboxylic acids is 1. The van der Waals surface area contributed by atoms with E-state index in [0.29, 0.717) is 13.2 Å². The summed E-state index contributed by atoms with van der Waals surface area (Å²) in [6, 6.07) is 3.35. The Morgan fingerprint density at radius 1 is 1.60 bits per heavy atom. The van der Waals surface area contributed by atoms with Gasteiger partial charge in [0.1, 0.15) is 0 Å². The summed E-state index contributed by atoms with van der Waals surface area (Å²) in [5.74, 6) is -0.892. The largest absolute Gasteiger partial charge is 0.476 e. The van der Waals surface area contributed by atoms with Crippen LogP contribution in [0.2, 0.25) is 0 Å². The van der Waals surface area contributed by atoms with E-state index in [1.54, 1.807) is 12.1 Å². The summed E-state index contributed by atoms with van der Waals surface area (Å²) < 4.78 is 5.22. The maximum Gasteiger partial charge on any atom is 0.356 e. The SMILES string of the molecule is Nc1ccc(C2CCOC2)nc1C(=O)O. The van der Waals surface area contributed by atoms with E-state index < -0.39 is 5.97 Å². The monoisotopic (exact) mass is 208 g/mol. The molecule has 0 aliphatic carbocycles. The van der Waals surface area contributed by atoms with Crippen LogP contribution in [0.1, 0.15) is 28.5 Å². The van der Waals surface area contributed by atoms with Crippen LogP contribution in [0.5, 0.6) is 0 Å². The lowest BCUT2D eigenvalue weighted by atomic mass is 10.0. The van der Waals surface area contributed by atoms with Crippen LogP contribution in [0.15, 0.2) is 12.1 Å². The van der Waals surface area contributed by atoms with Gasteiger partial charge in [-0.3, -0.25) is 0 Å². The zero-order valence-electron chi connectivity index (χ0n) is 8.14. The summed E-state index contributed by atoms with van der Waals surface area (Å²) in [5, 5.41) is 8.86. The van der Waals surface area contributed by atoms with E-state index >= 15 is 0 Å². The Balaban J connectivity index is 2.33. The van der Waals surface area contributed by atoms with Crippen LogP contribution in [0.25, 0.3) is 0 Å². The molecule has 0 amide bonds. The fraction of sp³-hybridized carbons (Fsp3) is 0.400. The lowest BCUT2D eigenvalue weighted by molar-refractivity contribution is 0.0691. The van der Waals surface area contributed by atoms with Gasteiger partial charge in [0.15, 0.2) is 5.69 Å². The second-order valence-electron chi connectivity index (χ2n) is 3.54. The quantitative estimate of drug-likeness (QED) is 0.753. The molecular weight excluding hydrogens is 196 g/mol. The minimum atomic E-state index is -1.09. The Kier molecular flexibility index (Phi) is 2.55. The molecule has 1 unspecified atom stereocenters. The average molecular weight is 208 g/mol. The Hall–Kier alpha value is -1.62. The van der Waals surface area contributed by atoms with Crippen LogP contribution in [0.4, 0.5) is 5.69 Å². The summed E-state index contributed by atoms with van der Waals surface area (Å²) in [5.41, 5.74) is 6.39. The number of nitrogen functional groups attached to an aromatic ring is 1. The molecule has 5 nitrogen and oxygen atoms in total. The highest BCUT2D eigenvalue weighted by Gasteiger charge is 2.21. The highest BCUT2D eigenvalue weighted by molar-refractivity contribution is 5.91. The van der Waals surface area contributed by atoms with Crippen LogP contribution in [-0.4, -0.2) is 29.3 Å². The van der Waals surface area contributed by atoms with Gasteiger partial charge in [-0.05, 0) is 18.6 Å². The number of hydrogen-bond donors (Lipinski definition) is 2. The normalized spacial score (nSPS) is 20.4. The zero-order chi connectivity index (χ0) is 10.8. The molecule has 2 rings (SSSR count). The lowest BCUT2D eigenvalue weighted by Crippen LogP contribution is -2.10. The molecule has 1 aromatic rings. The number of aromatic nitrogens is 1. The molecule has 1 atom stereocenters. The molecule has 5 heteroatoms. The van der Waals surface area contributed by atoms with E-state index in [1.165, 1.54) is 0 Å². The molecule has 1 aromatic heterocycles. The first-order chi connectivity index (χ1) is 7.18. The number of carboxylic acids is 1. The number of carbonyl (C=O) groups is 1. The minimum Gasteiger partial charge on any atom is -0.476 e. The fourth-order valence-corrected chi connectivity index (χ4v) is 1.65. The van der Waals surface area contributed by atoms with E-state index in [2.05, 4.69) is 4.98 Å². The van der Waals surface area contributed by atoms with Crippen molar-refractivity contribution >= 4 is 11.7 Å². The first-order valence-corrected chi connectivity index (χ1v) is 4.76. The van der Waals surface area contributed by atoms with Gasteiger partial charge in [0.25, 0.3) is 0 Å². The molecule has 3 N–H and O–H groups in total. The summed E-state index contributed by atoms with van der Waals surface area (Å²) in [6.07, 6.45) is 0.885. The third-order valence-corrected chi connectivity index (χ3v) is 2.50. The van der Waals surface area contributed by atoms with Gasteiger partial charge in [0.2, 0.25) is 0 Å². The van der Waals surface area contributed by atoms with Crippen molar-refractivity contribution < 1.29 is 14.6 Å². The van der Waals surface area contributed by atoms with Crippen molar-refractivity contribution in [1.29, 1.82) is 0 Å². The summed E-state index contributed by atoms with van der Waals surface area (Å²) in [6.45, 7) is 1.31. The predicted molar refractivity (Wildman–Crippen MR) is 53.8 cm³/mol. The van der Waals surface area contributed by atoms with Crippen LogP contribution < -0.4 is 5.73 Å². The number of nitrogens with zero attached hydrogens (tertiary/aromatic N) is 1. The van der Waals surface area contributed by atoms with Gasteiger partial charge in [0.05, 0.1) is 12.3 Å². The Bertz CT molecular complexity index is 386. The topological polar surface area (TPSA) is 85.4 Å². The zero-order valence-corrected chi connectivity index (χ0v) is 8.14. The number of anilines is 1. The molecule has 0 radical (unpaired) electrons. The molecule has 1 aliphatic heterocycles. The molecule has 0 spiro atoms. The van der Waals surface area contributed by atoms with Crippen LogP contribution in [0, 0.1) is 0 Å². The average Bonchev–Trinajstić information content (AvgIpc) is 2.71. The smallest absolute Gasteiger partial charge is 0.356 e. The van der Waals surface area contributed by atoms with Crippen molar-refractivity contribution in [2.75, 3.05) is 18.9 Å². The van der Waals surface area contributed by atoms with Gasteiger partial charge in [0, 0.05) is 18.2 Å². The van der Waals surface area contributed by atoms with Gasteiger partial charge in [-0.15, -0.1) is 0 Å². The standard InChI is InChI=1S/C10H12N2O3/c11-7-1-2-8(6-3-4-15-5-6)12-9(7)10(13)14/h1-2,6H,3-5,11H2,(H,13,14). The first-order valence-electron chi connectivity index (χ1n) is 4.76. The van der Waals surface area contributed by atoms with Gasteiger partial charge >= 0.3 is 5.97 Å². The van der Waals surface area contributed by atoms with Gasteiger partial charge in [-0.25, -0.2) is 9.78 Å². The Morgan fingerprint density at radius 3 is 3.00 bits per heavy atom. The molecule has 0 saturated carbocycles. The first kappa shape index (κ1) is 9.92. The van der Waals surface area contributed by atoms with Gasteiger partial charge in [-0.1, -0.05) is 0 Å². The second-order valence-corrected chi connectivity index (χ2v) is 3.54. The van der Waals surface area contributed by atoms with Crippen molar-refractivity contribution in [1.82, 2.24) is 4.98 Å². The van der Waals surface area contributed by atoms with Crippen LogP contribution in [-0.2, 0) is 4.74 Å². The number of hydrogen-bond acceptors (Lipinski definition) is 4. The minimum absolute atomic E-state index is 0.0700. The van der Waals surface area contributed by atoms with Crippen molar-refractivity contribution in [2.24, 2.45) is 0 Å². The molecule has 0 bridgehead atoms. The highest BCUT2D eigenvalue weighted by atomic mass is 16.5. The van der Waals surface area contributed by atoms with E-state index in [-0.39, 0.29) is 17.3 Å². The van der Waals surface area contributed by atoms with E-state index in [0.717, 1.165) is 12.1 Å². The fourth-order valence-electron chi connectivity index (χ4n) is 1.65. The molecule has 2 heterocycles. The number of pyridine rings is 1. The van der Waals surface area contributed by atoms with Crippen molar-refractivity contribution in [3.8, 4) is 0 Å². The lowest BCUT2D eigenvalue weighted by Gasteiger charge is -2.08. The number of carboxylic acid groups (broad SMARTS) is 1. The molecule has 15 heavy (non-hydrogen) atoms. The highest BCUT2D eigenvalue weighted by Crippen LogP contribution is 2.24. The molecular formula is C10H12N2O3. The summed E-state index contributed by atoms with van der Waals surface area (Å²) >= 11 is 0. The third-order valence-electron chi connectivity index (χ3n) is 2.50. The van der Waals surface area contributed by atoms with Crippen LogP contribution >= 0.6 is 0 Å². The Morgan fingerprint density at radius 2 is 2.40 bits per heavy atom. The summed E-state index contributed by atoms with van der Waals surface area (Å²) in [4.78, 5) is 14.9. The van der Waals surface area contributed by atoms with E-state index in [4.69, 9.17) is 15.6 Å². The number of nitrogens with two attached hydrogens (primary N) is 1. The molecule has 1 aliphatic rings. The van der Waals surface area contributed by atoms with Crippen molar-refractivity contribution in [3.05, 3.63) is 23.5 Å². The third kappa shape index (κ3) is 1.92. The van der Waals surface area contributed by atoms with Crippen molar-refractivity contribution in [2.45, 2.75) is 12.3 Å². The molecule has 0 aromatic carbocycles. The predicted octanol–water partition coefficient (Wildman–Crippen LogP) is 0.866. The van der Waals surface area contributed by atoms with Crippen molar-refractivity contribution in [3.63, 3.8) is 0 Å². The van der Waals surface area contributed by atoms with Gasteiger partial charge in [-0.2, -0.15) is 0 Å². The summed E-state index contributed by atoms with van der Waals surface area (Å²) in [7, 11) is 0. The maximum absolute atomic E-state index is 10.8. The van der Waals surface area contributed by atoms with Gasteiger partial charge < -0.3 is 15.6 Å². The Labute approximate surface area is 86.9 Å². The van der Waals surface area contributed by atoms with E-state index in [9.17, 15) is 4.79 Å². The second kappa shape index (κ2) is 3.86. The number of ether oxygens (including phenoxy) is 1.